The van der Waals surface area contributed by atoms with Crippen LogP contribution in [0.3, 0.4) is 0 Å². The lowest BCUT2D eigenvalue weighted by atomic mass is 10.0. The highest BCUT2D eigenvalue weighted by atomic mass is 16.2. The van der Waals surface area contributed by atoms with Crippen molar-refractivity contribution in [1.82, 2.24) is 29.5 Å². The van der Waals surface area contributed by atoms with E-state index in [4.69, 9.17) is 0 Å². The van der Waals surface area contributed by atoms with E-state index in [-0.39, 0.29) is 5.91 Å². The van der Waals surface area contributed by atoms with E-state index in [9.17, 15) is 4.79 Å². The second-order valence-electron chi connectivity index (χ2n) is 9.48. The highest BCUT2D eigenvalue weighted by Crippen LogP contribution is 2.29. The minimum atomic E-state index is -0.0132. The number of benzene rings is 2. The second-order valence-corrected chi connectivity index (χ2v) is 9.48. The van der Waals surface area contributed by atoms with E-state index in [0.29, 0.717) is 13.1 Å². The van der Waals surface area contributed by atoms with Gasteiger partial charge in [-0.05, 0) is 78.6 Å². The van der Waals surface area contributed by atoms with Crippen LogP contribution < -0.4 is 10.2 Å². The van der Waals surface area contributed by atoms with Crippen LogP contribution in [0.2, 0.25) is 0 Å². The maximum atomic E-state index is 11.9. The lowest BCUT2D eigenvalue weighted by molar-refractivity contribution is -0.126. The average molecular weight is 505 g/mol. The van der Waals surface area contributed by atoms with Crippen LogP contribution in [0.5, 0.6) is 0 Å². The van der Waals surface area contributed by atoms with Gasteiger partial charge in [-0.25, -0.2) is 19.5 Å². The third-order valence-corrected chi connectivity index (χ3v) is 7.10. The quantitative estimate of drug-likeness (QED) is 0.347. The fraction of sp³-hybridized carbons (Fsp3) is 0.207. The SMILES string of the molecule is C=CC(=O)N1CCN(c2ccc3ncnc(Nc4ccc(Cc5ccn6ncnc6c5)c(C)c4)c3c2)CC1. The number of aryl methyl sites for hydroxylation is 1. The van der Waals surface area contributed by atoms with Crippen LogP contribution in [0, 0.1) is 6.92 Å². The zero-order valence-electron chi connectivity index (χ0n) is 21.2. The molecule has 0 saturated carbocycles. The largest absolute Gasteiger partial charge is 0.368 e. The summed E-state index contributed by atoms with van der Waals surface area (Å²) in [5.41, 5.74) is 7.44. The molecule has 4 heterocycles. The molecule has 0 atom stereocenters. The number of nitrogens with zero attached hydrogens (tertiary/aromatic N) is 7. The van der Waals surface area contributed by atoms with Crippen molar-refractivity contribution < 1.29 is 4.79 Å². The van der Waals surface area contributed by atoms with E-state index >= 15 is 0 Å². The van der Waals surface area contributed by atoms with Crippen LogP contribution in [0.15, 0.2) is 80.0 Å². The molecule has 1 saturated heterocycles. The number of fused-ring (bicyclic) bond motifs is 2. The van der Waals surface area contributed by atoms with Gasteiger partial charge >= 0.3 is 0 Å². The zero-order chi connectivity index (χ0) is 26.1. The molecule has 1 amide bonds. The summed E-state index contributed by atoms with van der Waals surface area (Å²) in [6.45, 7) is 8.62. The predicted molar refractivity (Wildman–Crippen MR) is 149 cm³/mol. The van der Waals surface area contributed by atoms with E-state index in [1.807, 2.05) is 17.2 Å². The molecule has 9 heteroatoms. The van der Waals surface area contributed by atoms with Gasteiger partial charge in [-0.15, -0.1) is 0 Å². The number of pyridine rings is 1. The molecule has 2 aromatic carbocycles. The van der Waals surface area contributed by atoms with Crippen molar-refractivity contribution in [3.63, 3.8) is 0 Å². The highest BCUT2D eigenvalue weighted by Gasteiger charge is 2.20. The summed E-state index contributed by atoms with van der Waals surface area (Å²) in [5, 5.41) is 8.63. The molecule has 0 spiro atoms. The number of carbonyl (C=O) groups is 1. The molecule has 0 bridgehead atoms. The maximum absolute atomic E-state index is 11.9. The van der Waals surface area contributed by atoms with Crippen LogP contribution in [-0.4, -0.2) is 61.6 Å². The standard InChI is InChI=1S/C29H28N8O/c1-3-28(38)36-12-10-35(11-13-36)24-6-7-26-25(17-24)29(32-18-30-26)34-23-5-4-22(20(2)14-23)15-21-8-9-37-27(16-21)31-19-33-37/h3-9,14,16-19H,1,10-13,15H2,2H3,(H,30,32,34). The summed E-state index contributed by atoms with van der Waals surface area (Å²) in [7, 11) is 0. The molecule has 1 aliphatic rings. The number of aromatic nitrogens is 5. The molecule has 9 nitrogen and oxygen atoms in total. The van der Waals surface area contributed by atoms with Crippen LogP contribution in [0.25, 0.3) is 16.6 Å². The molecule has 190 valence electrons. The van der Waals surface area contributed by atoms with Gasteiger partial charge in [0.15, 0.2) is 5.65 Å². The van der Waals surface area contributed by atoms with Gasteiger partial charge in [0.05, 0.1) is 5.52 Å². The third-order valence-electron chi connectivity index (χ3n) is 7.10. The highest BCUT2D eigenvalue weighted by molar-refractivity contribution is 5.93. The number of nitrogens with one attached hydrogen (secondary N) is 1. The minimum Gasteiger partial charge on any atom is -0.368 e. The summed E-state index contributed by atoms with van der Waals surface area (Å²) in [6, 6.07) is 16.8. The molecule has 1 N–H and O–H groups in total. The molecule has 0 radical (unpaired) electrons. The van der Waals surface area contributed by atoms with Crippen LogP contribution in [-0.2, 0) is 11.2 Å². The van der Waals surface area contributed by atoms with Crippen molar-refractivity contribution >= 4 is 39.6 Å². The molecule has 1 fully saturated rings. The van der Waals surface area contributed by atoms with Crippen molar-refractivity contribution in [3.8, 4) is 0 Å². The molecule has 6 rings (SSSR count). The first-order valence-corrected chi connectivity index (χ1v) is 12.6. The Balaban J connectivity index is 1.21. The van der Waals surface area contributed by atoms with Crippen molar-refractivity contribution in [3.05, 3.63) is 96.7 Å². The number of rotatable bonds is 6. The second kappa shape index (κ2) is 9.93. The number of amides is 1. The first-order valence-electron chi connectivity index (χ1n) is 12.6. The van der Waals surface area contributed by atoms with Gasteiger partial charge in [-0.3, -0.25) is 4.79 Å². The lowest BCUT2D eigenvalue weighted by Gasteiger charge is -2.35. The summed E-state index contributed by atoms with van der Waals surface area (Å²) in [5.74, 6) is 0.752. The minimum absolute atomic E-state index is 0.0132. The Kier molecular flexibility index (Phi) is 6.17. The first-order chi connectivity index (χ1) is 18.6. The van der Waals surface area contributed by atoms with Crippen molar-refractivity contribution in [2.75, 3.05) is 36.4 Å². The number of anilines is 3. The Morgan fingerprint density at radius 3 is 2.68 bits per heavy atom. The molecule has 38 heavy (non-hydrogen) atoms. The van der Waals surface area contributed by atoms with Crippen LogP contribution in [0.1, 0.15) is 16.7 Å². The van der Waals surface area contributed by atoms with Gasteiger partial charge in [0, 0.05) is 49.1 Å². The molecule has 1 aliphatic heterocycles. The first kappa shape index (κ1) is 23.6. The predicted octanol–water partition coefficient (Wildman–Crippen LogP) is 4.15. The fourth-order valence-corrected chi connectivity index (χ4v) is 4.95. The molecule has 0 aliphatic carbocycles. The number of piperazine rings is 1. The summed E-state index contributed by atoms with van der Waals surface area (Å²) in [6.07, 6.45) is 7.30. The number of carbonyl (C=O) groups excluding carboxylic acids is 1. The normalized spacial score (nSPS) is 13.7. The van der Waals surface area contributed by atoms with E-state index in [1.54, 1.807) is 17.2 Å². The lowest BCUT2D eigenvalue weighted by Crippen LogP contribution is -2.48. The summed E-state index contributed by atoms with van der Waals surface area (Å²) in [4.78, 5) is 29.4. The average Bonchev–Trinajstić information content (AvgIpc) is 3.42. The molecule has 0 unspecified atom stereocenters. The number of hydrogen-bond acceptors (Lipinski definition) is 7. The summed E-state index contributed by atoms with van der Waals surface area (Å²) >= 11 is 0. The molecular weight excluding hydrogens is 476 g/mol. The fourth-order valence-electron chi connectivity index (χ4n) is 4.95. The van der Waals surface area contributed by atoms with Crippen LogP contribution >= 0.6 is 0 Å². The van der Waals surface area contributed by atoms with E-state index in [0.717, 1.165) is 53.3 Å². The van der Waals surface area contributed by atoms with E-state index < -0.39 is 0 Å². The van der Waals surface area contributed by atoms with Gasteiger partial charge < -0.3 is 15.1 Å². The Labute approximate surface area is 220 Å². The Hall–Kier alpha value is -4.79. The topological polar surface area (TPSA) is 91.6 Å². The van der Waals surface area contributed by atoms with Gasteiger partial charge in [-0.2, -0.15) is 5.10 Å². The van der Waals surface area contributed by atoms with Gasteiger partial charge in [0.2, 0.25) is 5.91 Å². The zero-order valence-corrected chi connectivity index (χ0v) is 21.2. The number of hydrogen-bond donors (Lipinski definition) is 1. The monoisotopic (exact) mass is 504 g/mol. The van der Waals surface area contributed by atoms with E-state index in [1.165, 1.54) is 22.8 Å². The van der Waals surface area contributed by atoms with Gasteiger partial charge in [0.1, 0.15) is 18.5 Å². The van der Waals surface area contributed by atoms with E-state index in [2.05, 4.69) is 86.2 Å². The van der Waals surface area contributed by atoms with Gasteiger partial charge in [0.25, 0.3) is 0 Å². The maximum Gasteiger partial charge on any atom is 0.246 e. The Bertz CT molecular complexity index is 1650. The molecular formula is C29H28N8O. The molecule has 5 aromatic rings. The van der Waals surface area contributed by atoms with Crippen molar-refractivity contribution in [2.24, 2.45) is 0 Å². The molecule has 3 aromatic heterocycles. The Morgan fingerprint density at radius 1 is 1.00 bits per heavy atom. The third kappa shape index (κ3) is 4.66. The van der Waals surface area contributed by atoms with Crippen LogP contribution in [0.4, 0.5) is 17.2 Å². The van der Waals surface area contributed by atoms with Gasteiger partial charge in [-0.1, -0.05) is 12.6 Å². The van der Waals surface area contributed by atoms with Crippen molar-refractivity contribution in [1.29, 1.82) is 0 Å². The Morgan fingerprint density at radius 2 is 1.87 bits per heavy atom. The smallest absolute Gasteiger partial charge is 0.246 e. The summed E-state index contributed by atoms with van der Waals surface area (Å²) < 4.78 is 1.77. The van der Waals surface area contributed by atoms with Crippen molar-refractivity contribution in [2.45, 2.75) is 13.3 Å².